The molecule has 0 fully saturated rings. The van der Waals surface area contributed by atoms with Gasteiger partial charge in [-0.2, -0.15) is 0 Å². The molecule has 0 radical (unpaired) electrons. The van der Waals surface area contributed by atoms with E-state index in [1.165, 1.54) is 19.4 Å². The number of benzene rings is 1. The first-order valence-corrected chi connectivity index (χ1v) is 7.13. The second-order valence-corrected chi connectivity index (χ2v) is 4.82. The van der Waals surface area contributed by atoms with Crippen molar-refractivity contribution in [2.45, 2.75) is 0 Å². The van der Waals surface area contributed by atoms with Crippen molar-refractivity contribution in [3.8, 4) is 17.4 Å². The summed E-state index contributed by atoms with van der Waals surface area (Å²) in [5.74, 6) is -0.286. The van der Waals surface area contributed by atoms with Crippen LogP contribution in [0, 0.1) is 0 Å². The zero-order valence-corrected chi connectivity index (χ0v) is 12.1. The molecule has 8 heteroatoms. The smallest absolute Gasteiger partial charge is 0.369 e. The summed E-state index contributed by atoms with van der Waals surface area (Å²) in [6.07, 6.45) is 1.24. The van der Waals surface area contributed by atoms with Crippen molar-refractivity contribution in [2.75, 3.05) is 13.7 Å². The number of esters is 1. The van der Waals surface area contributed by atoms with Crippen molar-refractivity contribution in [1.29, 1.82) is 0 Å². The monoisotopic (exact) mass is 312 g/mol. The summed E-state index contributed by atoms with van der Waals surface area (Å²) < 4.78 is 35.6. The molecule has 0 bridgehead atoms. The van der Waals surface area contributed by atoms with Gasteiger partial charge in [0.25, 0.3) is 0 Å². The Hall–Kier alpha value is -2.24. The van der Waals surface area contributed by atoms with Crippen molar-refractivity contribution >= 4 is 14.2 Å². The lowest BCUT2D eigenvalue weighted by atomic mass is 10.3. The van der Waals surface area contributed by atoms with Crippen LogP contribution in [0.2, 0.25) is 0 Å². The molecule has 1 heterocycles. The molecule has 1 aromatic heterocycles. The number of hydrogen-bond acceptors (Lipinski definition) is 7. The van der Waals surface area contributed by atoms with E-state index in [0.29, 0.717) is 5.75 Å². The zero-order valence-electron chi connectivity index (χ0n) is 11.1. The highest BCUT2D eigenvalue weighted by atomic mass is 31.1. The number of ether oxygens (including phenoxy) is 2. The van der Waals surface area contributed by atoms with Gasteiger partial charge in [0.1, 0.15) is 5.75 Å². The second kappa shape index (κ2) is 7.52. The van der Waals surface area contributed by atoms with E-state index in [0.717, 1.165) is 0 Å². The minimum absolute atomic E-state index is 0.00654. The van der Waals surface area contributed by atoms with Crippen LogP contribution < -0.4 is 14.0 Å². The third-order valence-electron chi connectivity index (χ3n) is 2.26. The Morgan fingerprint density at radius 3 is 2.71 bits per heavy atom. The lowest BCUT2D eigenvalue weighted by Gasteiger charge is -2.06. The van der Waals surface area contributed by atoms with Gasteiger partial charge in [-0.05, 0) is 12.1 Å². The molecule has 2 aromatic rings. The summed E-state index contributed by atoms with van der Waals surface area (Å²) in [7, 11) is -1.50. The number of carbonyl (C=O) groups is 1. The molecule has 0 saturated heterocycles. The molecular weight excluding hydrogens is 299 g/mol. The van der Waals surface area contributed by atoms with E-state index in [1.54, 1.807) is 24.3 Å². The average molecular weight is 312 g/mol. The minimum Gasteiger partial charge on any atom is -0.482 e. The van der Waals surface area contributed by atoms with Crippen molar-refractivity contribution in [3.63, 3.8) is 0 Å². The van der Waals surface area contributed by atoms with Crippen LogP contribution in [0.4, 0.5) is 0 Å². The van der Waals surface area contributed by atoms with Crippen molar-refractivity contribution < 1.29 is 32.3 Å². The molecule has 1 unspecified atom stereocenters. The molecule has 2 rings (SSSR count). The van der Waals surface area contributed by atoms with Crippen LogP contribution in [0.25, 0.3) is 0 Å². The molecule has 0 N–H and O–H groups in total. The van der Waals surface area contributed by atoms with Gasteiger partial charge in [0.2, 0.25) is 5.75 Å². The van der Waals surface area contributed by atoms with Crippen molar-refractivity contribution in [1.82, 2.24) is 0 Å². The van der Waals surface area contributed by atoms with Crippen LogP contribution in [0.5, 0.6) is 17.4 Å². The lowest BCUT2D eigenvalue weighted by Crippen LogP contribution is -2.17. The van der Waals surface area contributed by atoms with E-state index in [2.05, 4.69) is 4.52 Å². The van der Waals surface area contributed by atoms with E-state index >= 15 is 0 Å². The summed E-state index contributed by atoms with van der Waals surface area (Å²) >= 11 is 0. The van der Waals surface area contributed by atoms with Gasteiger partial charge in [0.05, 0.1) is 6.26 Å². The summed E-state index contributed by atoms with van der Waals surface area (Å²) in [6.45, 7) is -0.284. The Balaban J connectivity index is 1.88. The Bertz CT molecular complexity index is 608. The fraction of sp³-hybridized carbons (Fsp3) is 0.154. The van der Waals surface area contributed by atoms with Gasteiger partial charge in [-0.1, -0.05) is 18.2 Å². The van der Waals surface area contributed by atoms with E-state index < -0.39 is 14.2 Å². The Kier molecular flexibility index (Phi) is 5.43. The largest absolute Gasteiger partial charge is 0.482 e. The first kappa shape index (κ1) is 15.2. The molecule has 1 atom stereocenters. The maximum absolute atomic E-state index is 11.6. The molecule has 0 amide bonds. The number of para-hydroxylation sites is 1. The number of carbonyl (C=O) groups excluding carboxylic acids is 1. The summed E-state index contributed by atoms with van der Waals surface area (Å²) in [5.41, 5.74) is 0. The molecule has 21 heavy (non-hydrogen) atoms. The first-order chi connectivity index (χ1) is 10.2. The van der Waals surface area contributed by atoms with Gasteiger partial charge in [-0.25, -0.2) is 9.36 Å². The Labute approximate surface area is 121 Å². The maximum Gasteiger partial charge on any atom is 0.369 e. The Morgan fingerprint density at radius 2 is 2.00 bits per heavy atom. The lowest BCUT2D eigenvalue weighted by molar-refractivity contribution is -0.136. The molecule has 112 valence electrons. The summed E-state index contributed by atoms with van der Waals surface area (Å²) in [5, 5.41) is 0. The van der Waals surface area contributed by atoms with Gasteiger partial charge in [0.15, 0.2) is 6.61 Å². The van der Waals surface area contributed by atoms with Crippen LogP contribution in [-0.2, 0) is 13.9 Å². The normalized spacial score (nSPS) is 11.7. The van der Waals surface area contributed by atoms with E-state index in [4.69, 9.17) is 18.4 Å². The topological polar surface area (TPSA) is 84.2 Å². The minimum atomic E-state index is -2.73. The van der Waals surface area contributed by atoms with Crippen molar-refractivity contribution in [2.24, 2.45) is 0 Å². The predicted octanol–water partition coefficient (Wildman–Crippen LogP) is 2.68. The number of furan rings is 1. The van der Waals surface area contributed by atoms with Gasteiger partial charge in [0, 0.05) is 13.2 Å². The SMILES string of the molecule is CO[PH](=O)Oc1occc1OC(=O)COc1ccccc1. The first-order valence-electron chi connectivity index (χ1n) is 5.91. The highest BCUT2D eigenvalue weighted by molar-refractivity contribution is 7.33. The third-order valence-corrected chi connectivity index (χ3v) is 2.95. The van der Waals surface area contributed by atoms with Gasteiger partial charge in [-0.15, -0.1) is 0 Å². The molecule has 7 nitrogen and oxygen atoms in total. The van der Waals surface area contributed by atoms with Crippen LogP contribution >= 0.6 is 8.25 Å². The fourth-order valence-corrected chi connectivity index (χ4v) is 1.75. The van der Waals surface area contributed by atoms with Crippen LogP contribution in [0.15, 0.2) is 47.1 Å². The maximum atomic E-state index is 11.6. The van der Waals surface area contributed by atoms with E-state index in [1.807, 2.05) is 6.07 Å². The average Bonchev–Trinajstić information content (AvgIpc) is 2.93. The quantitative estimate of drug-likeness (QED) is 0.574. The molecule has 0 spiro atoms. The molecular formula is C13H13O7P. The highest BCUT2D eigenvalue weighted by Gasteiger charge is 2.16. The molecule has 0 aliphatic rings. The molecule has 1 aromatic carbocycles. The molecule has 0 saturated carbocycles. The van der Waals surface area contributed by atoms with Gasteiger partial charge < -0.3 is 22.9 Å². The zero-order chi connectivity index (χ0) is 15.1. The number of rotatable bonds is 7. The van der Waals surface area contributed by atoms with Crippen LogP contribution in [-0.4, -0.2) is 19.7 Å². The Morgan fingerprint density at radius 1 is 1.24 bits per heavy atom. The van der Waals surface area contributed by atoms with Gasteiger partial charge >= 0.3 is 20.2 Å². The molecule has 0 aliphatic heterocycles. The molecule has 0 aliphatic carbocycles. The third kappa shape index (κ3) is 4.66. The van der Waals surface area contributed by atoms with Crippen LogP contribution in [0.3, 0.4) is 0 Å². The second-order valence-electron chi connectivity index (χ2n) is 3.70. The number of hydrogen-bond donors (Lipinski definition) is 0. The van der Waals surface area contributed by atoms with Crippen molar-refractivity contribution in [3.05, 3.63) is 42.7 Å². The standard InChI is InChI=1S/C13H13O7P/c1-16-21(15)20-13-11(7-8-17-13)19-12(14)9-18-10-5-3-2-4-6-10/h2-8,21H,9H2,1H3. The highest BCUT2D eigenvalue weighted by Crippen LogP contribution is 2.35. The summed E-state index contributed by atoms with van der Waals surface area (Å²) in [6, 6.07) is 10.2. The van der Waals surface area contributed by atoms with Crippen LogP contribution in [0.1, 0.15) is 0 Å². The van der Waals surface area contributed by atoms with Gasteiger partial charge in [-0.3, -0.25) is 0 Å². The summed E-state index contributed by atoms with van der Waals surface area (Å²) in [4.78, 5) is 11.6. The van der Waals surface area contributed by atoms with E-state index in [-0.39, 0.29) is 18.3 Å². The van der Waals surface area contributed by atoms with E-state index in [9.17, 15) is 9.36 Å². The predicted molar refractivity (Wildman–Crippen MR) is 72.9 cm³/mol. The fourth-order valence-electron chi connectivity index (χ4n) is 1.36.